The van der Waals surface area contributed by atoms with Gasteiger partial charge in [-0.3, -0.25) is 14.6 Å². The molecule has 39 heavy (non-hydrogen) atoms. The summed E-state index contributed by atoms with van der Waals surface area (Å²) >= 11 is 0. The van der Waals surface area contributed by atoms with Gasteiger partial charge in [-0.2, -0.15) is 0 Å². The van der Waals surface area contributed by atoms with Crippen LogP contribution in [-0.2, 0) is 0 Å². The van der Waals surface area contributed by atoms with Crippen molar-refractivity contribution in [1.82, 2.24) is 9.88 Å². The van der Waals surface area contributed by atoms with Gasteiger partial charge in [0.1, 0.15) is 11.5 Å². The van der Waals surface area contributed by atoms with Gasteiger partial charge < -0.3 is 25.0 Å². The largest absolute Gasteiger partial charge is 0.506 e. The number of piperazine rings is 1. The van der Waals surface area contributed by atoms with Crippen LogP contribution >= 0.6 is 0 Å². The maximum absolute atomic E-state index is 13.2. The summed E-state index contributed by atoms with van der Waals surface area (Å²) in [5.41, 5.74) is 5.62. The zero-order chi connectivity index (χ0) is 27.4. The molecule has 8 nitrogen and oxygen atoms in total. The van der Waals surface area contributed by atoms with Crippen molar-refractivity contribution < 1.29 is 19.4 Å². The van der Waals surface area contributed by atoms with Crippen LogP contribution < -0.4 is 15.0 Å². The molecule has 1 aliphatic heterocycles. The Bertz CT molecular complexity index is 1480. The minimum atomic E-state index is -0.177. The van der Waals surface area contributed by atoms with Gasteiger partial charge in [0.2, 0.25) is 0 Å². The summed E-state index contributed by atoms with van der Waals surface area (Å²) in [6.45, 7) is 4.57. The highest BCUT2D eigenvalue weighted by Crippen LogP contribution is 2.27. The first-order valence-electron chi connectivity index (χ1n) is 12.8. The van der Waals surface area contributed by atoms with Gasteiger partial charge in [-0.05, 0) is 84.8 Å². The van der Waals surface area contributed by atoms with E-state index in [2.05, 4.69) is 15.2 Å². The number of pyridine rings is 1. The van der Waals surface area contributed by atoms with Gasteiger partial charge in [0.15, 0.2) is 0 Å². The average molecular weight is 523 g/mol. The molecular weight excluding hydrogens is 492 g/mol. The number of aryl methyl sites for hydroxylation is 1. The lowest BCUT2D eigenvalue weighted by atomic mass is 9.99. The second-order valence-corrected chi connectivity index (χ2v) is 9.47. The number of methoxy groups -OCH3 is 1. The molecule has 198 valence electrons. The molecule has 0 spiro atoms. The number of hydrogen-bond donors (Lipinski definition) is 2. The first-order valence-corrected chi connectivity index (χ1v) is 12.8. The quantitative estimate of drug-likeness (QED) is 0.371. The molecule has 0 unspecified atom stereocenters. The maximum Gasteiger partial charge on any atom is 0.255 e. The predicted molar refractivity (Wildman–Crippen MR) is 152 cm³/mol. The van der Waals surface area contributed by atoms with Crippen molar-refractivity contribution in [2.45, 2.75) is 6.92 Å². The predicted octanol–water partition coefficient (Wildman–Crippen LogP) is 4.99. The van der Waals surface area contributed by atoms with Crippen LogP contribution in [0.3, 0.4) is 0 Å². The van der Waals surface area contributed by atoms with Crippen molar-refractivity contribution in [3.05, 3.63) is 102 Å². The van der Waals surface area contributed by atoms with Crippen LogP contribution in [0.2, 0.25) is 0 Å². The Morgan fingerprint density at radius 1 is 0.872 bits per heavy atom. The van der Waals surface area contributed by atoms with E-state index in [1.807, 2.05) is 54.3 Å². The Hall–Kier alpha value is -4.85. The number of aromatic nitrogens is 1. The molecule has 0 saturated carbocycles. The third-order valence-corrected chi connectivity index (χ3v) is 6.92. The zero-order valence-corrected chi connectivity index (χ0v) is 21.9. The second-order valence-electron chi connectivity index (χ2n) is 9.47. The summed E-state index contributed by atoms with van der Waals surface area (Å²) in [4.78, 5) is 34.0. The SMILES string of the molecule is COc1ccc(NC(=O)c2ccc(N3CCN(C(=O)c4ccc(-c5cncc(O)c5)c(C)c4)CC3)cc2)cc1. The number of nitrogens with one attached hydrogen (secondary N) is 1. The molecule has 3 aromatic carbocycles. The van der Waals surface area contributed by atoms with E-state index in [0.29, 0.717) is 43.0 Å². The summed E-state index contributed by atoms with van der Waals surface area (Å²) in [7, 11) is 1.60. The number of carbonyl (C=O) groups excluding carboxylic acids is 2. The molecule has 2 heterocycles. The van der Waals surface area contributed by atoms with Crippen molar-refractivity contribution in [3.63, 3.8) is 0 Å². The van der Waals surface area contributed by atoms with Crippen molar-refractivity contribution in [2.24, 2.45) is 0 Å². The minimum absolute atomic E-state index is 0.00360. The lowest BCUT2D eigenvalue weighted by Crippen LogP contribution is -2.48. The van der Waals surface area contributed by atoms with Crippen molar-refractivity contribution in [3.8, 4) is 22.6 Å². The topological polar surface area (TPSA) is 95.0 Å². The number of benzene rings is 3. The molecule has 2 amide bonds. The number of rotatable bonds is 6. The van der Waals surface area contributed by atoms with Crippen molar-refractivity contribution in [2.75, 3.05) is 43.5 Å². The third-order valence-electron chi connectivity index (χ3n) is 6.92. The van der Waals surface area contributed by atoms with E-state index in [1.165, 1.54) is 6.20 Å². The molecule has 8 heteroatoms. The minimum Gasteiger partial charge on any atom is -0.506 e. The van der Waals surface area contributed by atoms with Crippen molar-refractivity contribution >= 4 is 23.2 Å². The van der Waals surface area contributed by atoms with E-state index < -0.39 is 0 Å². The maximum atomic E-state index is 13.2. The molecular formula is C31H30N4O4. The highest BCUT2D eigenvalue weighted by Gasteiger charge is 2.23. The number of nitrogens with zero attached hydrogens (tertiary/aromatic N) is 3. The smallest absolute Gasteiger partial charge is 0.255 e. The lowest BCUT2D eigenvalue weighted by molar-refractivity contribution is 0.0746. The highest BCUT2D eigenvalue weighted by atomic mass is 16.5. The standard InChI is InChI=1S/C31H30N4O4/c1-21-17-23(5-12-29(21)24-18-27(36)20-32-19-24)31(38)35-15-13-34(14-16-35)26-8-3-22(4-9-26)30(37)33-25-6-10-28(39-2)11-7-25/h3-12,17-20,36H,13-16H2,1-2H3,(H,33,37). The van der Waals surface area contributed by atoms with Gasteiger partial charge >= 0.3 is 0 Å². The van der Waals surface area contributed by atoms with Gasteiger partial charge in [0.05, 0.1) is 13.3 Å². The molecule has 1 saturated heterocycles. The van der Waals surface area contributed by atoms with Gasteiger partial charge in [0.25, 0.3) is 11.8 Å². The van der Waals surface area contributed by atoms with Crippen LogP contribution in [0.25, 0.3) is 11.1 Å². The van der Waals surface area contributed by atoms with Gasteiger partial charge in [0, 0.05) is 60.4 Å². The Labute approximate surface area is 227 Å². The number of anilines is 2. The summed E-state index contributed by atoms with van der Waals surface area (Å²) in [5, 5.41) is 12.6. The van der Waals surface area contributed by atoms with Crippen LogP contribution in [-0.4, -0.2) is 60.1 Å². The molecule has 0 atom stereocenters. The van der Waals surface area contributed by atoms with Crippen LogP contribution in [0.5, 0.6) is 11.5 Å². The Morgan fingerprint density at radius 3 is 2.21 bits per heavy atom. The van der Waals surface area contributed by atoms with Gasteiger partial charge in [-0.1, -0.05) is 6.07 Å². The van der Waals surface area contributed by atoms with Gasteiger partial charge in [-0.15, -0.1) is 0 Å². The normalized spacial score (nSPS) is 13.2. The third kappa shape index (κ3) is 5.85. The molecule has 1 fully saturated rings. The Balaban J connectivity index is 1.17. The average Bonchev–Trinajstić information content (AvgIpc) is 2.97. The van der Waals surface area contributed by atoms with Gasteiger partial charge in [-0.25, -0.2) is 0 Å². The molecule has 2 N–H and O–H groups in total. The van der Waals surface area contributed by atoms with E-state index >= 15 is 0 Å². The molecule has 0 radical (unpaired) electrons. The molecule has 1 aliphatic rings. The Morgan fingerprint density at radius 2 is 1.56 bits per heavy atom. The summed E-state index contributed by atoms with van der Waals surface area (Å²) in [5.74, 6) is 0.666. The molecule has 4 aromatic rings. The van der Waals surface area contributed by atoms with Crippen LogP contribution in [0.4, 0.5) is 11.4 Å². The van der Waals surface area contributed by atoms with Crippen LogP contribution in [0, 0.1) is 6.92 Å². The number of hydrogen-bond acceptors (Lipinski definition) is 6. The zero-order valence-electron chi connectivity index (χ0n) is 21.9. The fraction of sp³-hybridized carbons (Fsp3) is 0.194. The molecule has 1 aromatic heterocycles. The van der Waals surface area contributed by atoms with E-state index in [0.717, 1.165) is 28.1 Å². The highest BCUT2D eigenvalue weighted by molar-refractivity contribution is 6.04. The fourth-order valence-electron chi connectivity index (χ4n) is 4.75. The van der Waals surface area contributed by atoms with Crippen LogP contribution in [0.15, 0.2) is 85.2 Å². The lowest BCUT2D eigenvalue weighted by Gasteiger charge is -2.36. The van der Waals surface area contributed by atoms with Crippen LogP contribution in [0.1, 0.15) is 26.3 Å². The number of aromatic hydroxyl groups is 1. The van der Waals surface area contributed by atoms with Crippen molar-refractivity contribution in [1.29, 1.82) is 0 Å². The first kappa shape index (κ1) is 25.8. The second kappa shape index (κ2) is 11.3. The monoisotopic (exact) mass is 522 g/mol. The fourth-order valence-corrected chi connectivity index (χ4v) is 4.75. The first-order chi connectivity index (χ1) is 18.9. The summed E-state index contributed by atoms with van der Waals surface area (Å²) < 4.78 is 5.15. The molecule has 0 aliphatic carbocycles. The number of amides is 2. The Kier molecular flexibility index (Phi) is 7.45. The summed E-state index contributed by atoms with van der Waals surface area (Å²) in [6.07, 6.45) is 3.09. The number of carbonyl (C=O) groups is 2. The summed E-state index contributed by atoms with van der Waals surface area (Å²) in [6, 6.07) is 22.0. The molecule has 0 bridgehead atoms. The van der Waals surface area contributed by atoms with E-state index in [4.69, 9.17) is 4.74 Å². The number of ether oxygens (including phenoxy) is 1. The van der Waals surface area contributed by atoms with E-state index in [9.17, 15) is 14.7 Å². The van der Waals surface area contributed by atoms with E-state index in [-0.39, 0.29) is 17.6 Å². The van der Waals surface area contributed by atoms with E-state index in [1.54, 1.807) is 43.6 Å². The molecule has 5 rings (SSSR count).